The van der Waals surface area contributed by atoms with Gasteiger partial charge in [-0.25, -0.2) is 0 Å². The lowest BCUT2D eigenvalue weighted by Gasteiger charge is -2.15. The van der Waals surface area contributed by atoms with Gasteiger partial charge in [0.25, 0.3) is 0 Å². The number of nitrogens with zero attached hydrogens (tertiary/aromatic N) is 1. The zero-order valence-electron chi connectivity index (χ0n) is 10.6. The molecule has 1 rings (SSSR count). The van der Waals surface area contributed by atoms with E-state index < -0.39 is 0 Å². The summed E-state index contributed by atoms with van der Waals surface area (Å²) in [6.45, 7) is 0. The van der Waals surface area contributed by atoms with Crippen LogP contribution in [0.25, 0.3) is 0 Å². The lowest BCUT2D eigenvalue weighted by atomic mass is 10.1. The molecule has 1 unspecified atom stereocenters. The molecule has 1 aromatic rings. The van der Waals surface area contributed by atoms with E-state index in [1.807, 2.05) is 14.1 Å². The standard InChI is InChI=1S/C13H20N2OS/c1-14-13(16)9-8-12(17)10-4-6-11(7-5-10)15(2)3/h4-7,12,17H,8-9H2,1-3H3,(H,14,16). The summed E-state index contributed by atoms with van der Waals surface area (Å²) in [4.78, 5) is 13.2. The molecule has 0 bridgehead atoms. The molecular formula is C13H20N2OS. The molecule has 0 aromatic heterocycles. The predicted octanol–water partition coefficient (Wildman–Crippen LogP) is 2.25. The van der Waals surface area contributed by atoms with E-state index in [-0.39, 0.29) is 11.2 Å². The van der Waals surface area contributed by atoms with Gasteiger partial charge in [0, 0.05) is 38.5 Å². The molecule has 94 valence electrons. The maximum atomic E-state index is 11.1. The molecule has 0 aliphatic heterocycles. The Morgan fingerprint density at radius 3 is 2.41 bits per heavy atom. The van der Waals surface area contributed by atoms with Crippen molar-refractivity contribution in [2.24, 2.45) is 0 Å². The second-order valence-electron chi connectivity index (χ2n) is 4.21. The first-order chi connectivity index (χ1) is 8.04. The minimum Gasteiger partial charge on any atom is -0.378 e. The van der Waals surface area contributed by atoms with E-state index in [2.05, 4.69) is 47.1 Å². The summed E-state index contributed by atoms with van der Waals surface area (Å²) in [5.41, 5.74) is 2.32. The minimum absolute atomic E-state index is 0.0639. The number of hydrogen-bond acceptors (Lipinski definition) is 3. The van der Waals surface area contributed by atoms with Gasteiger partial charge in [-0.3, -0.25) is 4.79 Å². The zero-order chi connectivity index (χ0) is 12.8. The first kappa shape index (κ1) is 13.9. The smallest absolute Gasteiger partial charge is 0.219 e. The third-order valence-electron chi connectivity index (χ3n) is 2.72. The quantitative estimate of drug-likeness (QED) is 0.788. The van der Waals surface area contributed by atoms with Crippen molar-refractivity contribution >= 4 is 24.2 Å². The highest BCUT2D eigenvalue weighted by Gasteiger charge is 2.09. The van der Waals surface area contributed by atoms with Gasteiger partial charge in [-0.1, -0.05) is 12.1 Å². The summed E-state index contributed by atoms with van der Waals surface area (Å²) in [6, 6.07) is 8.27. The summed E-state index contributed by atoms with van der Waals surface area (Å²) in [5.74, 6) is 0.0639. The Kier molecular flexibility index (Phi) is 5.35. The number of amides is 1. The van der Waals surface area contributed by atoms with Gasteiger partial charge in [0.05, 0.1) is 0 Å². The van der Waals surface area contributed by atoms with Crippen molar-refractivity contribution in [3.63, 3.8) is 0 Å². The Morgan fingerprint density at radius 1 is 1.35 bits per heavy atom. The SMILES string of the molecule is CNC(=O)CCC(S)c1ccc(N(C)C)cc1. The fourth-order valence-electron chi connectivity index (χ4n) is 1.55. The molecule has 0 heterocycles. The van der Waals surface area contributed by atoms with E-state index >= 15 is 0 Å². The van der Waals surface area contributed by atoms with Gasteiger partial charge in [-0.05, 0) is 24.1 Å². The van der Waals surface area contributed by atoms with Crippen LogP contribution in [0.5, 0.6) is 0 Å². The number of benzene rings is 1. The van der Waals surface area contributed by atoms with Crippen molar-refractivity contribution < 1.29 is 4.79 Å². The fraction of sp³-hybridized carbons (Fsp3) is 0.462. The molecule has 0 spiro atoms. The Bertz CT molecular complexity index is 362. The van der Waals surface area contributed by atoms with Crippen molar-refractivity contribution in [2.45, 2.75) is 18.1 Å². The fourth-order valence-corrected chi connectivity index (χ4v) is 1.86. The molecule has 0 aliphatic rings. The van der Waals surface area contributed by atoms with Crippen LogP contribution >= 0.6 is 12.6 Å². The zero-order valence-corrected chi connectivity index (χ0v) is 11.5. The largest absolute Gasteiger partial charge is 0.378 e. The summed E-state index contributed by atoms with van der Waals surface area (Å²) < 4.78 is 0. The maximum Gasteiger partial charge on any atom is 0.219 e. The van der Waals surface area contributed by atoms with Gasteiger partial charge in [0.1, 0.15) is 0 Å². The number of rotatable bonds is 5. The number of nitrogens with one attached hydrogen (secondary N) is 1. The highest BCUT2D eigenvalue weighted by molar-refractivity contribution is 7.80. The van der Waals surface area contributed by atoms with Gasteiger partial charge in [0.15, 0.2) is 0 Å². The molecule has 1 N–H and O–H groups in total. The number of carbonyl (C=O) groups excluding carboxylic acids is 1. The third-order valence-corrected chi connectivity index (χ3v) is 3.27. The molecule has 0 saturated carbocycles. The molecule has 17 heavy (non-hydrogen) atoms. The molecule has 3 nitrogen and oxygen atoms in total. The predicted molar refractivity (Wildman–Crippen MR) is 75.8 cm³/mol. The summed E-state index contributed by atoms with van der Waals surface area (Å²) in [5, 5.41) is 2.73. The van der Waals surface area contributed by atoms with Gasteiger partial charge < -0.3 is 10.2 Å². The molecular weight excluding hydrogens is 232 g/mol. The molecule has 0 saturated heterocycles. The van der Waals surface area contributed by atoms with Crippen molar-refractivity contribution in [2.75, 3.05) is 26.0 Å². The summed E-state index contributed by atoms with van der Waals surface area (Å²) in [7, 11) is 5.68. The van der Waals surface area contributed by atoms with Crippen LogP contribution in [0.3, 0.4) is 0 Å². The highest BCUT2D eigenvalue weighted by atomic mass is 32.1. The molecule has 1 atom stereocenters. The third kappa shape index (κ3) is 4.30. The first-order valence-electron chi connectivity index (χ1n) is 5.70. The second kappa shape index (κ2) is 6.55. The Morgan fingerprint density at radius 2 is 1.94 bits per heavy atom. The molecule has 4 heteroatoms. The van der Waals surface area contributed by atoms with E-state index in [1.165, 1.54) is 5.69 Å². The second-order valence-corrected chi connectivity index (χ2v) is 4.84. The molecule has 0 radical (unpaired) electrons. The van der Waals surface area contributed by atoms with Crippen LogP contribution in [0.15, 0.2) is 24.3 Å². The lowest BCUT2D eigenvalue weighted by molar-refractivity contribution is -0.120. The molecule has 0 fully saturated rings. The first-order valence-corrected chi connectivity index (χ1v) is 6.22. The van der Waals surface area contributed by atoms with Crippen LogP contribution in [0.1, 0.15) is 23.7 Å². The Labute approximate surface area is 109 Å². The van der Waals surface area contributed by atoms with Crippen LogP contribution in [-0.4, -0.2) is 27.1 Å². The number of carbonyl (C=O) groups is 1. The van der Waals surface area contributed by atoms with Crippen molar-refractivity contribution in [1.82, 2.24) is 5.32 Å². The van der Waals surface area contributed by atoms with Crippen LogP contribution < -0.4 is 10.2 Å². The molecule has 1 aromatic carbocycles. The summed E-state index contributed by atoms with van der Waals surface area (Å²) in [6.07, 6.45) is 1.27. The maximum absolute atomic E-state index is 11.1. The monoisotopic (exact) mass is 252 g/mol. The van der Waals surface area contributed by atoms with Crippen molar-refractivity contribution in [3.05, 3.63) is 29.8 Å². The lowest BCUT2D eigenvalue weighted by Crippen LogP contribution is -2.17. The molecule has 0 aliphatic carbocycles. The van der Waals surface area contributed by atoms with Gasteiger partial charge >= 0.3 is 0 Å². The van der Waals surface area contributed by atoms with Gasteiger partial charge in [0.2, 0.25) is 5.91 Å². The highest BCUT2D eigenvalue weighted by Crippen LogP contribution is 2.26. The number of anilines is 1. The van der Waals surface area contributed by atoms with E-state index in [9.17, 15) is 4.79 Å². The van der Waals surface area contributed by atoms with Gasteiger partial charge in [-0.15, -0.1) is 0 Å². The number of thiol groups is 1. The Hall–Kier alpha value is -1.16. The van der Waals surface area contributed by atoms with E-state index in [0.29, 0.717) is 6.42 Å². The van der Waals surface area contributed by atoms with Crippen LogP contribution in [0, 0.1) is 0 Å². The molecule has 1 amide bonds. The normalized spacial score (nSPS) is 12.0. The topological polar surface area (TPSA) is 32.3 Å². The van der Waals surface area contributed by atoms with E-state index in [1.54, 1.807) is 7.05 Å². The van der Waals surface area contributed by atoms with Crippen molar-refractivity contribution in [1.29, 1.82) is 0 Å². The van der Waals surface area contributed by atoms with E-state index in [4.69, 9.17) is 0 Å². The Balaban J connectivity index is 2.57. The average molecular weight is 252 g/mol. The van der Waals surface area contributed by atoms with E-state index in [0.717, 1.165) is 12.0 Å². The van der Waals surface area contributed by atoms with Crippen molar-refractivity contribution in [3.8, 4) is 0 Å². The van der Waals surface area contributed by atoms with Gasteiger partial charge in [-0.2, -0.15) is 12.6 Å². The number of hydrogen-bond donors (Lipinski definition) is 2. The average Bonchev–Trinajstić information content (AvgIpc) is 2.35. The van der Waals surface area contributed by atoms with Crippen LogP contribution in [-0.2, 0) is 4.79 Å². The van der Waals surface area contributed by atoms with Crippen LogP contribution in [0.4, 0.5) is 5.69 Å². The summed E-state index contributed by atoms with van der Waals surface area (Å²) >= 11 is 4.53. The van der Waals surface area contributed by atoms with Crippen LogP contribution in [0.2, 0.25) is 0 Å². The minimum atomic E-state index is 0.0639.